The second kappa shape index (κ2) is 8.71. The molecule has 2 heterocycles. The van der Waals surface area contributed by atoms with Crippen LogP contribution in [0.3, 0.4) is 0 Å². The smallest absolute Gasteiger partial charge is 0.270 e. The lowest BCUT2D eigenvalue weighted by Crippen LogP contribution is -2.25. The zero-order chi connectivity index (χ0) is 19.1. The zero-order valence-corrected chi connectivity index (χ0v) is 15.0. The number of carbonyl (C=O) groups is 2. The Labute approximate surface area is 157 Å². The Bertz CT molecular complexity index is 942. The summed E-state index contributed by atoms with van der Waals surface area (Å²) in [5, 5.41) is 5.65. The number of aromatic nitrogens is 2. The largest absolute Gasteiger partial charge is 0.345 e. The van der Waals surface area contributed by atoms with Crippen molar-refractivity contribution in [2.24, 2.45) is 0 Å². The molecule has 136 valence electrons. The lowest BCUT2D eigenvalue weighted by Gasteiger charge is -2.10. The van der Waals surface area contributed by atoms with Crippen LogP contribution in [0.15, 0.2) is 67.0 Å². The van der Waals surface area contributed by atoms with Crippen LogP contribution < -0.4 is 10.6 Å². The first-order valence-corrected chi connectivity index (χ1v) is 8.71. The molecule has 0 radical (unpaired) electrons. The van der Waals surface area contributed by atoms with Crippen LogP contribution in [0.1, 0.15) is 39.0 Å². The summed E-state index contributed by atoms with van der Waals surface area (Å²) >= 11 is 0. The predicted molar refractivity (Wildman–Crippen MR) is 103 cm³/mol. The van der Waals surface area contributed by atoms with E-state index in [1.165, 1.54) is 12.3 Å². The van der Waals surface area contributed by atoms with Crippen molar-refractivity contribution in [1.29, 1.82) is 0 Å². The number of benzene rings is 1. The maximum atomic E-state index is 12.6. The van der Waals surface area contributed by atoms with Crippen molar-refractivity contribution in [1.82, 2.24) is 15.3 Å². The van der Waals surface area contributed by atoms with Crippen molar-refractivity contribution in [3.8, 4) is 0 Å². The molecule has 3 aromatic rings. The number of nitrogens with one attached hydrogen (secondary N) is 2. The Kier molecular flexibility index (Phi) is 5.89. The number of aryl methyl sites for hydroxylation is 1. The molecule has 2 N–H and O–H groups in total. The first-order valence-electron chi connectivity index (χ1n) is 8.71. The number of para-hydroxylation sites is 1. The number of hydrogen-bond donors (Lipinski definition) is 2. The van der Waals surface area contributed by atoms with E-state index in [9.17, 15) is 9.59 Å². The fraction of sp³-hybridized carbons (Fsp3) is 0.143. The number of hydrogen-bond acceptors (Lipinski definition) is 4. The van der Waals surface area contributed by atoms with Gasteiger partial charge in [-0.1, -0.05) is 31.2 Å². The van der Waals surface area contributed by atoms with E-state index in [0.29, 0.717) is 12.1 Å². The average molecular weight is 360 g/mol. The van der Waals surface area contributed by atoms with Crippen LogP contribution >= 0.6 is 0 Å². The third-order valence-corrected chi connectivity index (χ3v) is 4.06. The maximum Gasteiger partial charge on any atom is 0.270 e. The van der Waals surface area contributed by atoms with Crippen LogP contribution in [0, 0.1) is 0 Å². The minimum atomic E-state index is -0.357. The molecule has 0 unspecified atom stereocenters. The third kappa shape index (κ3) is 4.76. The standard InChI is InChI=1S/C21H20N4O2/c1-2-15-7-3-4-9-18(15)25-20(26)16-10-12-23-19(13-16)21(27)24-14-17-8-5-6-11-22-17/h3-13H,2,14H2,1H3,(H,24,27)(H,25,26). The van der Waals surface area contributed by atoms with Crippen molar-refractivity contribution < 1.29 is 9.59 Å². The van der Waals surface area contributed by atoms with Gasteiger partial charge >= 0.3 is 0 Å². The number of pyridine rings is 2. The molecule has 0 spiro atoms. The number of carbonyl (C=O) groups excluding carboxylic acids is 2. The van der Waals surface area contributed by atoms with Crippen LogP contribution in [0.2, 0.25) is 0 Å². The van der Waals surface area contributed by atoms with E-state index in [1.54, 1.807) is 12.3 Å². The topological polar surface area (TPSA) is 84.0 Å². The van der Waals surface area contributed by atoms with Gasteiger partial charge in [0.1, 0.15) is 5.69 Å². The second-order valence-corrected chi connectivity index (χ2v) is 5.90. The van der Waals surface area contributed by atoms with Gasteiger partial charge in [-0.05, 0) is 42.3 Å². The van der Waals surface area contributed by atoms with Crippen LogP contribution in [0.5, 0.6) is 0 Å². The summed E-state index contributed by atoms with van der Waals surface area (Å²) in [4.78, 5) is 33.1. The fourth-order valence-corrected chi connectivity index (χ4v) is 2.61. The molecule has 6 nitrogen and oxygen atoms in total. The SMILES string of the molecule is CCc1ccccc1NC(=O)c1ccnc(C(=O)NCc2ccccn2)c1. The first kappa shape index (κ1) is 18.3. The molecule has 0 atom stereocenters. The van der Waals surface area contributed by atoms with E-state index in [-0.39, 0.29) is 17.5 Å². The number of amides is 2. The van der Waals surface area contributed by atoms with Gasteiger partial charge in [-0.2, -0.15) is 0 Å². The molecule has 0 aliphatic carbocycles. The third-order valence-electron chi connectivity index (χ3n) is 4.06. The lowest BCUT2D eigenvalue weighted by molar-refractivity contribution is 0.0945. The Balaban J connectivity index is 1.69. The molecule has 0 saturated carbocycles. The molecule has 2 amide bonds. The summed E-state index contributed by atoms with van der Waals surface area (Å²) < 4.78 is 0. The van der Waals surface area contributed by atoms with Gasteiger partial charge < -0.3 is 10.6 Å². The van der Waals surface area contributed by atoms with Gasteiger partial charge in [0.05, 0.1) is 12.2 Å². The Morgan fingerprint density at radius 2 is 1.74 bits per heavy atom. The van der Waals surface area contributed by atoms with E-state index >= 15 is 0 Å². The molecule has 0 aliphatic rings. The molecule has 6 heteroatoms. The van der Waals surface area contributed by atoms with Gasteiger partial charge in [0.25, 0.3) is 11.8 Å². The van der Waals surface area contributed by atoms with Crippen LogP contribution in [-0.2, 0) is 13.0 Å². The van der Waals surface area contributed by atoms with Gasteiger partial charge in [-0.25, -0.2) is 0 Å². The predicted octanol–water partition coefficient (Wildman–Crippen LogP) is 3.22. The second-order valence-electron chi connectivity index (χ2n) is 5.90. The van der Waals surface area contributed by atoms with E-state index in [0.717, 1.165) is 23.4 Å². The van der Waals surface area contributed by atoms with Crippen LogP contribution in [0.25, 0.3) is 0 Å². The molecule has 0 fully saturated rings. The summed E-state index contributed by atoms with van der Waals surface area (Å²) in [5.41, 5.74) is 3.12. The van der Waals surface area contributed by atoms with Crippen molar-refractivity contribution in [3.05, 3.63) is 89.5 Å². The quantitative estimate of drug-likeness (QED) is 0.707. The Morgan fingerprint density at radius 1 is 0.926 bits per heavy atom. The highest BCUT2D eigenvalue weighted by molar-refractivity contribution is 6.06. The van der Waals surface area contributed by atoms with E-state index in [4.69, 9.17) is 0 Å². The maximum absolute atomic E-state index is 12.6. The van der Waals surface area contributed by atoms with Crippen molar-refractivity contribution in [3.63, 3.8) is 0 Å². The summed E-state index contributed by atoms with van der Waals surface area (Å²) in [6.45, 7) is 2.32. The molecule has 1 aromatic carbocycles. The van der Waals surface area contributed by atoms with Gasteiger partial charge in [0, 0.05) is 23.6 Å². The summed E-state index contributed by atoms with van der Waals surface area (Å²) in [5.74, 6) is -0.638. The molecule has 27 heavy (non-hydrogen) atoms. The monoisotopic (exact) mass is 360 g/mol. The van der Waals surface area contributed by atoms with Gasteiger partial charge in [0.2, 0.25) is 0 Å². The highest BCUT2D eigenvalue weighted by atomic mass is 16.2. The Hall–Kier alpha value is -3.54. The molecule has 0 aliphatic heterocycles. The summed E-state index contributed by atoms with van der Waals surface area (Å²) in [6.07, 6.45) is 3.93. The minimum absolute atomic E-state index is 0.183. The van der Waals surface area contributed by atoms with E-state index in [1.807, 2.05) is 49.4 Å². The number of anilines is 1. The molecular formula is C21H20N4O2. The molecule has 0 saturated heterocycles. The number of nitrogens with zero attached hydrogens (tertiary/aromatic N) is 2. The Morgan fingerprint density at radius 3 is 2.52 bits per heavy atom. The van der Waals surface area contributed by atoms with Crippen molar-refractivity contribution in [2.45, 2.75) is 19.9 Å². The normalized spacial score (nSPS) is 10.3. The molecular weight excluding hydrogens is 340 g/mol. The van der Waals surface area contributed by atoms with Gasteiger partial charge in [0.15, 0.2) is 0 Å². The summed E-state index contributed by atoms with van der Waals surface area (Å²) in [6, 6.07) is 16.2. The van der Waals surface area contributed by atoms with E-state index in [2.05, 4.69) is 20.6 Å². The van der Waals surface area contributed by atoms with Crippen LogP contribution in [-0.4, -0.2) is 21.8 Å². The summed E-state index contributed by atoms with van der Waals surface area (Å²) in [7, 11) is 0. The van der Waals surface area contributed by atoms with Crippen molar-refractivity contribution in [2.75, 3.05) is 5.32 Å². The zero-order valence-electron chi connectivity index (χ0n) is 15.0. The van der Waals surface area contributed by atoms with Gasteiger partial charge in [-0.3, -0.25) is 19.6 Å². The first-order chi connectivity index (χ1) is 13.2. The molecule has 2 aromatic heterocycles. The highest BCUT2D eigenvalue weighted by Gasteiger charge is 2.13. The van der Waals surface area contributed by atoms with E-state index < -0.39 is 0 Å². The average Bonchev–Trinajstić information content (AvgIpc) is 2.73. The highest BCUT2D eigenvalue weighted by Crippen LogP contribution is 2.16. The number of rotatable bonds is 6. The van der Waals surface area contributed by atoms with Crippen LogP contribution in [0.4, 0.5) is 5.69 Å². The van der Waals surface area contributed by atoms with Crippen molar-refractivity contribution >= 4 is 17.5 Å². The lowest BCUT2D eigenvalue weighted by atomic mass is 10.1. The fourth-order valence-electron chi connectivity index (χ4n) is 2.61. The molecule has 3 rings (SSSR count). The molecule has 0 bridgehead atoms. The van der Waals surface area contributed by atoms with Gasteiger partial charge in [-0.15, -0.1) is 0 Å². The minimum Gasteiger partial charge on any atom is -0.345 e.